The minimum Gasteiger partial charge on any atom is -0.451 e. The lowest BCUT2D eigenvalue weighted by atomic mass is 9.89. The number of aromatic nitrogens is 2. The van der Waals surface area contributed by atoms with Crippen LogP contribution in [0.15, 0.2) is 35.1 Å². The van der Waals surface area contributed by atoms with Crippen LogP contribution in [0.4, 0.5) is 4.39 Å². The first-order chi connectivity index (χ1) is 13.9. The van der Waals surface area contributed by atoms with Crippen molar-refractivity contribution in [2.75, 3.05) is 0 Å². The molecule has 0 unspecified atom stereocenters. The summed E-state index contributed by atoms with van der Waals surface area (Å²) in [5.74, 6) is -0.142. The van der Waals surface area contributed by atoms with Gasteiger partial charge in [-0.15, -0.1) is 11.3 Å². The van der Waals surface area contributed by atoms with Gasteiger partial charge in [-0.1, -0.05) is 25.1 Å². The molecule has 2 atom stereocenters. The number of hydrogen-bond acceptors (Lipinski definition) is 5. The number of hydrogen-bond donors (Lipinski definition) is 1. The maximum absolute atomic E-state index is 13.6. The van der Waals surface area contributed by atoms with Crippen molar-refractivity contribution >= 4 is 33.6 Å². The lowest BCUT2D eigenvalue weighted by Gasteiger charge is -2.17. The molecule has 1 aliphatic rings. The van der Waals surface area contributed by atoms with Gasteiger partial charge in [-0.05, 0) is 49.8 Å². The standard InChI is InChI=1S/C22H21FN2O3S/c1-12-7-9-15-17(11-12)29-22-19(15)21(27)24-20(25-22)13(2)28-18(26)10-8-14-5-3-4-6-16(14)23/h3-6,8,10,12-13H,7,9,11H2,1-2H3,(H,24,25,27)/b10-8+/t12-,13-/m0/s1. The van der Waals surface area contributed by atoms with Crippen molar-refractivity contribution in [2.24, 2.45) is 5.92 Å². The van der Waals surface area contributed by atoms with Crippen LogP contribution in [-0.4, -0.2) is 15.9 Å². The molecule has 5 nitrogen and oxygen atoms in total. The van der Waals surface area contributed by atoms with Gasteiger partial charge in [0.15, 0.2) is 11.9 Å². The van der Waals surface area contributed by atoms with E-state index in [9.17, 15) is 14.0 Å². The molecule has 29 heavy (non-hydrogen) atoms. The summed E-state index contributed by atoms with van der Waals surface area (Å²) in [5.41, 5.74) is 1.21. The van der Waals surface area contributed by atoms with Gasteiger partial charge in [-0.25, -0.2) is 14.2 Å². The second-order valence-electron chi connectivity index (χ2n) is 7.42. The van der Waals surface area contributed by atoms with Crippen LogP contribution in [0.5, 0.6) is 0 Å². The third-order valence-electron chi connectivity index (χ3n) is 5.17. The van der Waals surface area contributed by atoms with Crippen LogP contribution in [0, 0.1) is 11.7 Å². The molecule has 0 radical (unpaired) electrons. The molecular formula is C22H21FN2O3S. The summed E-state index contributed by atoms with van der Waals surface area (Å²) in [5, 5.41) is 0.665. The predicted octanol–water partition coefficient (Wildman–Crippen LogP) is 4.57. The molecule has 0 bridgehead atoms. The normalized spacial score (nSPS) is 17.4. The Morgan fingerprint density at radius 3 is 3.00 bits per heavy atom. The number of halogens is 1. The number of thiophene rings is 1. The Kier molecular flexibility index (Phi) is 5.32. The van der Waals surface area contributed by atoms with Crippen molar-refractivity contribution < 1.29 is 13.9 Å². The molecule has 1 aromatic carbocycles. The highest BCUT2D eigenvalue weighted by molar-refractivity contribution is 7.18. The second kappa shape index (κ2) is 7.91. The van der Waals surface area contributed by atoms with E-state index < -0.39 is 17.9 Å². The number of aryl methyl sites for hydroxylation is 1. The van der Waals surface area contributed by atoms with Gasteiger partial charge in [0, 0.05) is 16.5 Å². The molecule has 0 fully saturated rings. The molecule has 3 aromatic rings. The first kappa shape index (κ1) is 19.5. The van der Waals surface area contributed by atoms with Crippen LogP contribution in [0.25, 0.3) is 16.3 Å². The minimum absolute atomic E-state index is 0.193. The fraction of sp³-hybridized carbons (Fsp3) is 0.318. The number of ether oxygens (including phenoxy) is 1. The second-order valence-corrected chi connectivity index (χ2v) is 8.50. The fourth-order valence-electron chi connectivity index (χ4n) is 3.60. The zero-order valence-electron chi connectivity index (χ0n) is 16.2. The first-order valence-corrected chi connectivity index (χ1v) is 10.4. The summed E-state index contributed by atoms with van der Waals surface area (Å²) in [6, 6.07) is 6.14. The maximum atomic E-state index is 13.6. The Bertz CT molecular complexity index is 1160. The number of carbonyl (C=O) groups is 1. The number of H-pyrrole nitrogens is 1. The van der Waals surface area contributed by atoms with Crippen molar-refractivity contribution in [3.8, 4) is 0 Å². The van der Waals surface area contributed by atoms with Gasteiger partial charge in [0.1, 0.15) is 10.6 Å². The molecule has 2 aromatic heterocycles. The highest BCUT2D eigenvalue weighted by atomic mass is 32.1. The van der Waals surface area contributed by atoms with Gasteiger partial charge in [0.05, 0.1) is 5.39 Å². The van der Waals surface area contributed by atoms with Crippen molar-refractivity contribution in [3.63, 3.8) is 0 Å². The lowest BCUT2D eigenvalue weighted by molar-refractivity contribution is -0.142. The molecule has 0 saturated heterocycles. The number of fused-ring (bicyclic) bond motifs is 3. The molecular weight excluding hydrogens is 391 g/mol. The van der Waals surface area contributed by atoms with Gasteiger partial charge in [-0.2, -0.15) is 0 Å². The maximum Gasteiger partial charge on any atom is 0.331 e. The summed E-state index contributed by atoms with van der Waals surface area (Å²) in [6.45, 7) is 3.86. The van der Waals surface area contributed by atoms with Crippen molar-refractivity contribution in [2.45, 2.75) is 39.2 Å². The van der Waals surface area contributed by atoms with Crippen molar-refractivity contribution in [1.29, 1.82) is 0 Å². The topological polar surface area (TPSA) is 72.0 Å². The molecule has 7 heteroatoms. The van der Waals surface area contributed by atoms with E-state index in [1.54, 1.807) is 36.5 Å². The third-order valence-corrected chi connectivity index (χ3v) is 6.31. The number of nitrogens with one attached hydrogen (secondary N) is 1. The number of esters is 1. The number of nitrogens with zero attached hydrogens (tertiary/aromatic N) is 1. The molecule has 4 rings (SSSR count). The van der Waals surface area contributed by atoms with Crippen LogP contribution in [0.2, 0.25) is 0 Å². The van der Waals surface area contributed by atoms with Crippen LogP contribution in [-0.2, 0) is 22.4 Å². The van der Waals surface area contributed by atoms with Crippen LogP contribution >= 0.6 is 11.3 Å². The molecule has 1 aliphatic carbocycles. The average molecular weight is 412 g/mol. The van der Waals surface area contributed by atoms with E-state index in [1.807, 2.05) is 0 Å². The molecule has 1 N–H and O–H groups in total. The summed E-state index contributed by atoms with van der Waals surface area (Å²) < 4.78 is 19.0. The highest BCUT2D eigenvalue weighted by Crippen LogP contribution is 2.35. The van der Waals surface area contributed by atoms with Gasteiger partial charge < -0.3 is 9.72 Å². The van der Waals surface area contributed by atoms with E-state index in [0.29, 0.717) is 27.5 Å². The summed E-state index contributed by atoms with van der Waals surface area (Å²) >= 11 is 1.55. The summed E-state index contributed by atoms with van der Waals surface area (Å²) in [7, 11) is 0. The number of carbonyl (C=O) groups excluding carboxylic acids is 1. The Labute approximate surface area is 171 Å². The zero-order chi connectivity index (χ0) is 20.5. The van der Waals surface area contributed by atoms with E-state index in [0.717, 1.165) is 30.9 Å². The Balaban J connectivity index is 1.54. The molecule has 0 aliphatic heterocycles. The Hall–Kier alpha value is -2.80. The molecule has 0 amide bonds. The van der Waals surface area contributed by atoms with E-state index in [1.165, 1.54) is 17.0 Å². The smallest absolute Gasteiger partial charge is 0.331 e. The molecule has 2 heterocycles. The number of rotatable bonds is 4. The Morgan fingerprint density at radius 1 is 1.41 bits per heavy atom. The molecule has 150 valence electrons. The van der Waals surface area contributed by atoms with Gasteiger partial charge in [0.2, 0.25) is 0 Å². The molecule has 0 spiro atoms. The van der Waals surface area contributed by atoms with E-state index in [-0.39, 0.29) is 5.56 Å². The monoisotopic (exact) mass is 412 g/mol. The highest BCUT2D eigenvalue weighted by Gasteiger charge is 2.24. The largest absolute Gasteiger partial charge is 0.451 e. The zero-order valence-corrected chi connectivity index (χ0v) is 17.0. The van der Waals surface area contributed by atoms with Crippen LogP contribution in [0.1, 0.15) is 48.2 Å². The number of aromatic amines is 1. The predicted molar refractivity (Wildman–Crippen MR) is 111 cm³/mol. The van der Waals surface area contributed by atoms with Gasteiger partial charge >= 0.3 is 5.97 Å². The SMILES string of the molecule is C[C@H]1CCc2c(sc3nc([C@H](C)OC(=O)/C=C/c4ccccc4F)[nH]c(=O)c23)C1. The first-order valence-electron chi connectivity index (χ1n) is 9.60. The number of benzene rings is 1. The third kappa shape index (κ3) is 4.00. The van der Waals surface area contributed by atoms with Crippen molar-refractivity contribution in [3.05, 3.63) is 68.3 Å². The summed E-state index contributed by atoms with van der Waals surface area (Å²) in [6.07, 6.45) is 4.72. The average Bonchev–Trinajstić information content (AvgIpc) is 3.05. The van der Waals surface area contributed by atoms with Crippen LogP contribution in [0.3, 0.4) is 0 Å². The van der Waals surface area contributed by atoms with Crippen LogP contribution < -0.4 is 5.56 Å². The lowest BCUT2D eigenvalue weighted by Crippen LogP contribution is -2.17. The fourth-order valence-corrected chi connectivity index (χ4v) is 4.99. The van der Waals surface area contributed by atoms with Gasteiger partial charge in [0.25, 0.3) is 5.56 Å². The quantitative estimate of drug-likeness (QED) is 0.503. The van der Waals surface area contributed by atoms with E-state index >= 15 is 0 Å². The van der Waals surface area contributed by atoms with E-state index in [4.69, 9.17) is 4.74 Å². The van der Waals surface area contributed by atoms with E-state index in [2.05, 4.69) is 16.9 Å². The Morgan fingerprint density at radius 2 is 2.21 bits per heavy atom. The van der Waals surface area contributed by atoms with Gasteiger partial charge in [-0.3, -0.25) is 4.79 Å². The molecule has 0 saturated carbocycles. The minimum atomic E-state index is -0.733. The summed E-state index contributed by atoms with van der Waals surface area (Å²) in [4.78, 5) is 34.0. The van der Waals surface area contributed by atoms with Crippen molar-refractivity contribution in [1.82, 2.24) is 9.97 Å².